The van der Waals surface area contributed by atoms with Crippen molar-refractivity contribution < 1.29 is 32.2 Å². The molecule has 0 saturated heterocycles. The molecule has 0 radical (unpaired) electrons. The number of halogens is 4. The molecule has 0 aliphatic carbocycles. The Kier molecular flexibility index (Phi) is 10.4. The highest BCUT2D eigenvalue weighted by molar-refractivity contribution is 9.10. The van der Waals surface area contributed by atoms with Gasteiger partial charge in [0.25, 0.3) is 0 Å². The minimum Gasteiger partial charge on any atom is -0.458 e. The van der Waals surface area contributed by atoms with Crippen molar-refractivity contribution in [2.24, 2.45) is 0 Å². The van der Waals surface area contributed by atoms with Crippen LogP contribution in [0.5, 0.6) is 0 Å². The highest BCUT2D eigenvalue weighted by Crippen LogP contribution is 2.34. The van der Waals surface area contributed by atoms with Gasteiger partial charge in [-0.15, -0.1) is 0 Å². The van der Waals surface area contributed by atoms with Gasteiger partial charge < -0.3 is 14.8 Å². The number of aryl methyl sites for hydroxylation is 1. The van der Waals surface area contributed by atoms with Crippen molar-refractivity contribution in [2.45, 2.75) is 77.8 Å². The Labute approximate surface area is 200 Å². The highest BCUT2D eigenvalue weighted by Gasteiger charge is 2.33. The van der Waals surface area contributed by atoms with Gasteiger partial charge in [0, 0.05) is 4.47 Å². The molecule has 10 heteroatoms. The monoisotopic (exact) mass is 541 g/mol. The molecule has 182 valence electrons. The Bertz CT molecular complexity index is 789. The van der Waals surface area contributed by atoms with Gasteiger partial charge in [0.1, 0.15) is 17.2 Å². The summed E-state index contributed by atoms with van der Waals surface area (Å²) in [4.78, 5) is 24.6. The van der Waals surface area contributed by atoms with Gasteiger partial charge in [-0.2, -0.15) is 24.9 Å². The quantitative estimate of drug-likeness (QED) is 0.306. The number of rotatable bonds is 8. The van der Waals surface area contributed by atoms with Crippen LogP contribution in [0.1, 0.15) is 59.1 Å². The van der Waals surface area contributed by atoms with Crippen molar-refractivity contribution >= 4 is 39.8 Å². The number of alkyl halides is 3. The molecule has 0 bridgehead atoms. The van der Waals surface area contributed by atoms with E-state index in [1.807, 2.05) is 0 Å². The first-order valence-electron chi connectivity index (χ1n) is 10.1. The maximum absolute atomic E-state index is 13.2. The van der Waals surface area contributed by atoms with Crippen molar-refractivity contribution in [1.29, 1.82) is 0 Å². The molecule has 0 heterocycles. The second kappa shape index (κ2) is 11.6. The van der Waals surface area contributed by atoms with Crippen molar-refractivity contribution in [1.82, 2.24) is 5.32 Å². The van der Waals surface area contributed by atoms with E-state index in [9.17, 15) is 22.8 Å². The van der Waals surface area contributed by atoms with Crippen molar-refractivity contribution in [3.8, 4) is 0 Å². The van der Waals surface area contributed by atoms with E-state index in [0.717, 1.165) is 6.07 Å². The molecule has 1 atom stereocenters. The molecule has 1 rings (SSSR count). The average molecular weight is 542 g/mol. The van der Waals surface area contributed by atoms with E-state index >= 15 is 0 Å². The molecule has 0 saturated carbocycles. The number of carbonyl (C=O) groups is 2. The Morgan fingerprint density at radius 2 is 1.62 bits per heavy atom. The summed E-state index contributed by atoms with van der Waals surface area (Å²) in [7, 11) is 0. The van der Waals surface area contributed by atoms with E-state index in [1.54, 1.807) is 41.5 Å². The zero-order valence-electron chi connectivity index (χ0n) is 19.2. The molecule has 1 N–H and O–H groups in total. The molecule has 0 fully saturated rings. The van der Waals surface area contributed by atoms with Crippen LogP contribution >= 0.6 is 27.7 Å². The molecule has 1 amide bonds. The molecule has 0 aliphatic heterocycles. The fourth-order valence-corrected chi connectivity index (χ4v) is 3.98. The number of thioether (sulfide) groups is 1. The number of benzene rings is 1. The molecule has 0 spiro atoms. The smallest absolute Gasteiger partial charge is 0.416 e. The van der Waals surface area contributed by atoms with Crippen molar-refractivity contribution in [3.05, 3.63) is 33.8 Å². The minimum atomic E-state index is -4.42. The number of ether oxygens (including phenoxy) is 2. The molecule has 0 unspecified atom stereocenters. The summed E-state index contributed by atoms with van der Waals surface area (Å²) < 4.78 is 50.8. The predicted molar refractivity (Wildman–Crippen MR) is 124 cm³/mol. The van der Waals surface area contributed by atoms with Gasteiger partial charge >= 0.3 is 18.2 Å². The number of nitrogens with one attached hydrogen (secondary N) is 1. The zero-order valence-corrected chi connectivity index (χ0v) is 21.6. The fourth-order valence-electron chi connectivity index (χ4n) is 2.60. The normalized spacial score (nSPS) is 13.4. The third-order valence-electron chi connectivity index (χ3n) is 3.82. The van der Waals surface area contributed by atoms with Gasteiger partial charge in [0.15, 0.2) is 0 Å². The zero-order chi connectivity index (χ0) is 24.7. The van der Waals surface area contributed by atoms with E-state index in [4.69, 9.17) is 9.47 Å². The summed E-state index contributed by atoms with van der Waals surface area (Å²) in [5.41, 5.74) is -1.90. The Morgan fingerprint density at radius 3 is 2.16 bits per heavy atom. The number of amides is 1. The van der Waals surface area contributed by atoms with Gasteiger partial charge in [0.2, 0.25) is 0 Å². The van der Waals surface area contributed by atoms with Crippen LogP contribution in [0.15, 0.2) is 22.7 Å². The summed E-state index contributed by atoms with van der Waals surface area (Å²) in [6.45, 7) is 10.3. The molecule has 1 aromatic carbocycles. The minimum absolute atomic E-state index is 0.204. The van der Waals surface area contributed by atoms with E-state index in [0.29, 0.717) is 16.0 Å². The first kappa shape index (κ1) is 28.6. The number of hydrogen-bond donors (Lipinski definition) is 1. The molecule has 32 heavy (non-hydrogen) atoms. The van der Waals surface area contributed by atoms with Gasteiger partial charge in [-0.25, -0.2) is 9.59 Å². The number of esters is 1. The van der Waals surface area contributed by atoms with E-state index in [1.165, 1.54) is 23.9 Å². The topological polar surface area (TPSA) is 64.6 Å². The summed E-state index contributed by atoms with van der Waals surface area (Å²) in [6, 6.07) is 2.98. The molecule has 0 aliphatic rings. The van der Waals surface area contributed by atoms with Crippen LogP contribution in [0.4, 0.5) is 18.0 Å². The Hall–Kier alpha value is -1.42. The maximum Gasteiger partial charge on any atom is 0.416 e. The number of alkyl carbamates (subject to hydrolysis) is 1. The molecular formula is C22H31BrF3NO4S. The fraction of sp³-hybridized carbons (Fsp3) is 0.636. The largest absolute Gasteiger partial charge is 0.458 e. The third-order valence-corrected chi connectivity index (χ3v) is 5.33. The number of carbonyl (C=O) groups excluding carboxylic acids is 2. The van der Waals surface area contributed by atoms with E-state index in [2.05, 4.69) is 21.2 Å². The molecular weight excluding hydrogens is 511 g/mol. The molecule has 5 nitrogen and oxygen atoms in total. The molecule has 0 aromatic heterocycles. The summed E-state index contributed by atoms with van der Waals surface area (Å²) in [5.74, 6) is 0.275. The van der Waals surface area contributed by atoms with Gasteiger partial charge in [-0.3, -0.25) is 0 Å². The standard InChI is InChI=1S/C22H31BrF3NO4S/c1-20(2,3)30-18(28)17(27-19(29)31-21(4,5)6)10-12-32-11-9-14-13-15(23)7-8-16(14)22(24,25)26/h7-8,13,17H,9-12H2,1-6H3,(H,27,29)/t17-/m0/s1. The second-order valence-corrected chi connectivity index (χ2v) is 11.3. The third kappa shape index (κ3) is 11.4. The van der Waals surface area contributed by atoms with Gasteiger partial charge in [0.05, 0.1) is 5.56 Å². The lowest BCUT2D eigenvalue weighted by molar-refractivity contribution is -0.157. The summed E-state index contributed by atoms with van der Waals surface area (Å²) in [5, 5.41) is 2.54. The van der Waals surface area contributed by atoms with E-state index < -0.39 is 41.0 Å². The SMILES string of the molecule is CC(C)(C)OC(=O)N[C@@H](CCSCCc1cc(Br)ccc1C(F)(F)F)C(=O)OC(C)(C)C. The lowest BCUT2D eigenvalue weighted by Crippen LogP contribution is -2.46. The van der Waals surface area contributed by atoms with Crippen LogP contribution in [-0.4, -0.2) is 40.8 Å². The Morgan fingerprint density at radius 1 is 1.03 bits per heavy atom. The predicted octanol–water partition coefficient (Wildman–Crippen LogP) is 6.37. The highest BCUT2D eigenvalue weighted by atomic mass is 79.9. The van der Waals surface area contributed by atoms with Crippen molar-refractivity contribution in [3.63, 3.8) is 0 Å². The van der Waals surface area contributed by atoms with Crippen LogP contribution in [-0.2, 0) is 26.9 Å². The first-order chi connectivity index (χ1) is 14.5. The lowest BCUT2D eigenvalue weighted by atomic mass is 10.1. The first-order valence-corrected chi connectivity index (χ1v) is 12.1. The lowest BCUT2D eigenvalue weighted by Gasteiger charge is -2.26. The number of hydrogen-bond acceptors (Lipinski definition) is 5. The van der Waals surface area contributed by atoms with Crippen LogP contribution in [0, 0.1) is 0 Å². The Balaban J connectivity index is 2.70. The van der Waals surface area contributed by atoms with Crippen molar-refractivity contribution in [2.75, 3.05) is 11.5 Å². The van der Waals surface area contributed by atoms with Crippen LogP contribution in [0.3, 0.4) is 0 Å². The van der Waals surface area contributed by atoms with Crippen LogP contribution in [0.2, 0.25) is 0 Å². The average Bonchev–Trinajstić information content (AvgIpc) is 2.56. The molecule has 1 aromatic rings. The summed E-state index contributed by atoms with van der Waals surface area (Å²) >= 11 is 4.61. The van der Waals surface area contributed by atoms with Crippen LogP contribution < -0.4 is 5.32 Å². The second-order valence-electron chi connectivity index (χ2n) is 9.18. The summed E-state index contributed by atoms with van der Waals surface area (Å²) in [6.07, 6.45) is -4.68. The van der Waals surface area contributed by atoms with Gasteiger partial charge in [-0.05, 0) is 89.7 Å². The van der Waals surface area contributed by atoms with Gasteiger partial charge in [-0.1, -0.05) is 15.9 Å². The van der Waals surface area contributed by atoms with E-state index in [-0.39, 0.29) is 18.4 Å². The van der Waals surface area contributed by atoms with Crippen LogP contribution in [0.25, 0.3) is 0 Å². The maximum atomic E-state index is 13.2.